The second kappa shape index (κ2) is 5.66. The smallest absolute Gasteiger partial charge is 0.120 e. The van der Waals surface area contributed by atoms with Crippen molar-refractivity contribution in [2.75, 3.05) is 6.61 Å². The summed E-state index contributed by atoms with van der Waals surface area (Å²) in [7, 11) is 0. The highest BCUT2D eigenvalue weighted by Gasteiger charge is 2.00. The first-order valence-corrected chi connectivity index (χ1v) is 5.39. The molecule has 2 nitrogen and oxygen atoms in total. The van der Waals surface area contributed by atoms with Crippen LogP contribution in [0.1, 0.15) is 25.3 Å². The van der Waals surface area contributed by atoms with Crippen LogP contribution in [0.3, 0.4) is 0 Å². The van der Waals surface area contributed by atoms with Gasteiger partial charge < -0.3 is 4.74 Å². The molecule has 0 N–H and O–H groups in total. The van der Waals surface area contributed by atoms with Gasteiger partial charge in [0, 0.05) is 4.47 Å². The van der Waals surface area contributed by atoms with Crippen molar-refractivity contribution in [1.82, 2.24) is 0 Å². The second-order valence-electron chi connectivity index (χ2n) is 2.96. The zero-order valence-electron chi connectivity index (χ0n) is 8.09. The van der Waals surface area contributed by atoms with Gasteiger partial charge in [0.1, 0.15) is 11.8 Å². The molecule has 0 aliphatic heterocycles. The van der Waals surface area contributed by atoms with E-state index in [-0.39, 0.29) is 0 Å². The summed E-state index contributed by atoms with van der Waals surface area (Å²) < 4.78 is 6.28. The Bertz CT molecular complexity index is 344. The molecule has 0 radical (unpaired) electrons. The molecule has 0 amide bonds. The Hall–Kier alpha value is -1.01. The topological polar surface area (TPSA) is 33.0 Å². The predicted octanol–water partition coefficient (Wildman–Crippen LogP) is 3.50. The van der Waals surface area contributed by atoms with Crippen molar-refractivity contribution in [3.8, 4) is 11.8 Å². The average molecular weight is 254 g/mol. The zero-order chi connectivity index (χ0) is 10.4. The van der Waals surface area contributed by atoms with E-state index in [1.807, 2.05) is 12.1 Å². The number of unbranched alkanes of at least 4 members (excludes halogenated alkanes) is 1. The molecule has 0 aromatic heterocycles. The van der Waals surface area contributed by atoms with Gasteiger partial charge in [-0.15, -0.1) is 0 Å². The van der Waals surface area contributed by atoms with Gasteiger partial charge in [0.2, 0.25) is 0 Å². The van der Waals surface area contributed by atoms with E-state index >= 15 is 0 Å². The number of hydrogen-bond acceptors (Lipinski definition) is 2. The molecule has 0 aliphatic carbocycles. The Kier molecular flexibility index (Phi) is 4.48. The normalized spacial score (nSPS) is 9.50. The first-order valence-electron chi connectivity index (χ1n) is 4.60. The summed E-state index contributed by atoms with van der Waals surface area (Å²) in [5.41, 5.74) is 0.610. The van der Waals surface area contributed by atoms with Crippen LogP contribution < -0.4 is 4.74 Å². The minimum absolute atomic E-state index is 0.610. The predicted molar refractivity (Wildman–Crippen MR) is 59.3 cm³/mol. The SMILES string of the molecule is CCCCOc1ccc(Br)c(C#N)c1. The van der Waals surface area contributed by atoms with Gasteiger partial charge in [-0.3, -0.25) is 0 Å². The van der Waals surface area contributed by atoms with E-state index in [0.29, 0.717) is 12.2 Å². The molecule has 0 saturated carbocycles. The van der Waals surface area contributed by atoms with E-state index in [1.165, 1.54) is 0 Å². The maximum atomic E-state index is 8.78. The van der Waals surface area contributed by atoms with Crippen LogP contribution in [0.15, 0.2) is 22.7 Å². The molecule has 0 unspecified atom stereocenters. The Morgan fingerprint density at radius 3 is 2.93 bits per heavy atom. The molecular formula is C11H12BrNO. The lowest BCUT2D eigenvalue weighted by atomic mass is 10.2. The minimum atomic E-state index is 0.610. The zero-order valence-corrected chi connectivity index (χ0v) is 9.67. The molecular weight excluding hydrogens is 242 g/mol. The van der Waals surface area contributed by atoms with Gasteiger partial charge in [0.05, 0.1) is 12.2 Å². The molecule has 0 fully saturated rings. The number of benzene rings is 1. The van der Waals surface area contributed by atoms with Crippen molar-refractivity contribution in [3.63, 3.8) is 0 Å². The lowest BCUT2D eigenvalue weighted by molar-refractivity contribution is 0.309. The fourth-order valence-corrected chi connectivity index (χ4v) is 1.35. The van der Waals surface area contributed by atoms with E-state index in [0.717, 1.165) is 23.1 Å². The quantitative estimate of drug-likeness (QED) is 0.770. The highest BCUT2D eigenvalue weighted by molar-refractivity contribution is 9.10. The third-order valence-corrected chi connectivity index (χ3v) is 2.52. The van der Waals surface area contributed by atoms with E-state index in [2.05, 4.69) is 28.9 Å². The van der Waals surface area contributed by atoms with Crippen LogP contribution in [0.25, 0.3) is 0 Å². The number of nitriles is 1. The summed E-state index contributed by atoms with van der Waals surface area (Å²) in [6.07, 6.45) is 2.15. The van der Waals surface area contributed by atoms with Gasteiger partial charge in [-0.05, 0) is 40.5 Å². The molecule has 0 bridgehead atoms. The molecule has 3 heteroatoms. The number of nitrogens with zero attached hydrogens (tertiary/aromatic N) is 1. The molecule has 1 aromatic carbocycles. The maximum absolute atomic E-state index is 8.78. The number of ether oxygens (including phenoxy) is 1. The van der Waals surface area contributed by atoms with Crippen LogP contribution in [0, 0.1) is 11.3 Å². The van der Waals surface area contributed by atoms with Crippen LogP contribution in [-0.2, 0) is 0 Å². The molecule has 1 rings (SSSR count). The summed E-state index contributed by atoms with van der Waals surface area (Å²) in [6, 6.07) is 7.54. The van der Waals surface area contributed by atoms with Gasteiger partial charge in [0.25, 0.3) is 0 Å². The van der Waals surface area contributed by atoms with Crippen molar-refractivity contribution in [3.05, 3.63) is 28.2 Å². The summed E-state index contributed by atoms with van der Waals surface area (Å²) in [4.78, 5) is 0. The fraction of sp³-hybridized carbons (Fsp3) is 0.364. The lowest BCUT2D eigenvalue weighted by Crippen LogP contribution is -1.96. The maximum Gasteiger partial charge on any atom is 0.120 e. The first kappa shape index (κ1) is 11.1. The summed E-state index contributed by atoms with van der Waals surface area (Å²) in [5, 5.41) is 8.78. The Labute approximate surface area is 92.6 Å². The Morgan fingerprint density at radius 1 is 1.50 bits per heavy atom. The number of hydrogen-bond donors (Lipinski definition) is 0. The van der Waals surface area contributed by atoms with E-state index < -0.39 is 0 Å². The van der Waals surface area contributed by atoms with Crippen molar-refractivity contribution < 1.29 is 4.74 Å². The summed E-state index contributed by atoms with van der Waals surface area (Å²) in [5.74, 6) is 0.762. The van der Waals surface area contributed by atoms with Crippen molar-refractivity contribution in [2.24, 2.45) is 0 Å². The third kappa shape index (κ3) is 3.04. The highest BCUT2D eigenvalue weighted by atomic mass is 79.9. The third-order valence-electron chi connectivity index (χ3n) is 1.82. The monoisotopic (exact) mass is 253 g/mol. The summed E-state index contributed by atoms with van der Waals surface area (Å²) >= 11 is 3.29. The largest absolute Gasteiger partial charge is 0.494 e. The van der Waals surface area contributed by atoms with E-state index in [9.17, 15) is 0 Å². The van der Waals surface area contributed by atoms with Crippen molar-refractivity contribution in [2.45, 2.75) is 19.8 Å². The second-order valence-corrected chi connectivity index (χ2v) is 3.81. The Balaban J connectivity index is 2.66. The van der Waals surface area contributed by atoms with Crippen LogP contribution in [0.2, 0.25) is 0 Å². The minimum Gasteiger partial charge on any atom is -0.494 e. The van der Waals surface area contributed by atoms with Gasteiger partial charge in [-0.2, -0.15) is 5.26 Å². The van der Waals surface area contributed by atoms with Gasteiger partial charge in [0.15, 0.2) is 0 Å². The van der Waals surface area contributed by atoms with Crippen LogP contribution >= 0.6 is 15.9 Å². The summed E-state index contributed by atoms with van der Waals surface area (Å²) in [6.45, 7) is 2.83. The molecule has 14 heavy (non-hydrogen) atoms. The highest BCUT2D eigenvalue weighted by Crippen LogP contribution is 2.21. The average Bonchev–Trinajstić information content (AvgIpc) is 2.21. The van der Waals surface area contributed by atoms with Crippen LogP contribution in [0.4, 0.5) is 0 Å². The van der Waals surface area contributed by atoms with Crippen LogP contribution in [0.5, 0.6) is 5.75 Å². The van der Waals surface area contributed by atoms with Crippen molar-refractivity contribution in [1.29, 1.82) is 5.26 Å². The van der Waals surface area contributed by atoms with E-state index in [1.54, 1.807) is 6.07 Å². The molecule has 1 aromatic rings. The standard InChI is InChI=1S/C11H12BrNO/c1-2-3-6-14-10-4-5-11(12)9(7-10)8-13/h4-5,7H,2-3,6H2,1H3. The molecule has 0 spiro atoms. The molecule has 0 saturated heterocycles. The van der Waals surface area contributed by atoms with Gasteiger partial charge in [-0.25, -0.2) is 0 Å². The van der Waals surface area contributed by atoms with Crippen molar-refractivity contribution >= 4 is 15.9 Å². The molecule has 0 heterocycles. The van der Waals surface area contributed by atoms with Gasteiger partial charge in [-0.1, -0.05) is 13.3 Å². The van der Waals surface area contributed by atoms with Gasteiger partial charge >= 0.3 is 0 Å². The lowest BCUT2D eigenvalue weighted by Gasteiger charge is -2.05. The van der Waals surface area contributed by atoms with Crippen LogP contribution in [-0.4, -0.2) is 6.61 Å². The fourth-order valence-electron chi connectivity index (χ4n) is 1.01. The first-order chi connectivity index (χ1) is 6.77. The van der Waals surface area contributed by atoms with E-state index in [4.69, 9.17) is 10.00 Å². The Morgan fingerprint density at radius 2 is 2.29 bits per heavy atom. The molecule has 74 valence electrons. The number of halogens is 1. The number of rotatable bonds is 4. The molecule has 0 aliphatic rings. The molecule has 0 atom stereocenters.